The molecule has 0 aliphatic carbocycles. The minimum Gasteiger partial charge on any atom is -0.368 e. The first kappa shape index (κ1) is 11.6. The van der Waals surface area contributed by atoms with Gasteiger partial charge in [0.25, 0.3) is 0 Å². The monoisotopic (exact) mass is 250 g/mol. The lowest BCUT2D eigenvalue weighted by Crippen LogP contribution is -1.99. The fraction of sp³-hybridized carbons (Fsp3) is 0.100. The molecule has 3 N–H and O–H groups in total. The smallest absolute Gasteiger partial charge is 0.223 e. The summed E-state index contributed by atoms with van der Waals surface area (Å²) < 4.78 is 19.5. The lowest BCUT2D eigenvalue weighted by Gasteiger charge is -2.02. The molecule has 0 spiro atoms. The number of rotatable bonds is 3. The highest BCUT2D eigenvalue weighted by molar-refractivity contribution is 7.78. The maximum Gasteiger partial charge on any atom is 0.223 e. The van der Waals surface area contributed by atoms with Gasteiger partial charge >= 0.3 is 0 Å². The summed E-state index contributed by atoms with van der Waals surface area (Å²) in [5.74, 6) is 0.670. The number of nitrogens with two attached hydrogens (primary N) is 1. The largest absolute Gasteiger partial charge is 0.368 e. The van der Waals surface area contributed by atoms with Crippen LogP contribution in [-0.2, 0) is 16.8 Å². The molecular formula is C10H10N4O2S. The van der Waals surface area contributed by atoms with Crippen molar-refractivity contribution in [3.05, 3.63) is 36.2 Å². The summed E-state index contributed by atoms with van der Waals surface area (Å²) in [4.78, 5) is 11.7. The SMILES string of the molecule is Nc1ncnc(-c2cccc(CS(=O)O)c2)n1. The van der Waals surface area contributed by atoms with E-state index in [1.807, 2.05) is 0 Å². The molecule has 1 atom stereocenters. The Morgan fingerprint density at radius 3 is 2.88 bits per heavy atom. The molecule has 0 radical (unpaired) electrons. The summed E-state index contributed by atoms with van der Waals surface area (Å²) in [5, 5.41) is 0. The van der Waals surface area contributed by atoms with Gasteiger partial charge in [0.1, 0.15) is 6.33 Å². The number of hydrogen-bond donors (Lipinski definition) is 2. The van der Waals surface area contributed by atoms with Crippen molar-refractivity contribution in [2.45, 2.75) is 5.75 Å². The number of benzene rings is 1. The van der Waals surface area contributed by atoms with Gasteiger partial charge in [0, 0.05) is 5.56 Å². The Kier molecular flexibility index (Phi) is 3.40. The quantitative estimate of drug-likeness (QED) is 0.783. The number of nitrogens with zero attached hydrogens (tertiary/aromatic N) is 3. The summed E-state index contributed by atoms with van der Waals surface area (Å²) in [6.45, 7) is 0. The van der Waals surface area contributed by atoms with Crippen LogP contribution in [0, 0.1) is 0 Å². The van der Waals surface area contributed by atoms with Gasteiger partial charge in [0.05, 0.1) is 5.75 Å². The van der Waals surface area contributed by atoms with Crippen LogP contribution in [0.2, 0.25) is 0 Å². The molecule has 0 fully saturated rings. The fourth-order valence-electron chi connectivity index (χ4n) is 1.39. The second-order valence-electron chi connectivity index (χ2n) is 3.33. The van der Waals surface area contributed by atoms with Gasteiger partial charge in [0.2, 0.25) is 5.95 Å². The average molecular weight is 250 g/mol. The molecule has 0 saturated heterocycles. The van der Waals surface area contributed by atoms with E-state index in [2.05, 4.69) is 15.0 Å². The second kappa shape index (κ2) is 4.98. The minimum absolute atomic E-state index is 0.0778. The number of aromatic nitrogens is 3. The zero-order chi connectivity index (χ0) is 12.3. The third-order valence-electron chi connectivity index (χ3n) is 2.07. The van der Waals surface area contributed by atoms with Crippen molar-refractivity contribution in [1.82, 2.24) is 15.0 Å². The van der Waals surface area contributed by atoms with Crippen molar-refractivity contribution in [2.75, 3.05) is 5.73 Å². The molecular weight excluding hydrogens is 240 g/mol. The van der Waals surface area contributed by atoms with Crippen LogP contribution >= 0.6 is 0 Å². The Morgan fingerprint density at radius 1 is 1.35 bits per heavy atom. The van der Waals surface area contributed by atoms with Crippen molar-refractivity contribution in [2.24, 2.45) is 0 Å². The molecule has 6 nitrogen and oxygen atoms in total. The van der Waals surface area contributed by atoms with Crippen LogP contribution in [0.3, 0.4) is 0 Å². The van der Waals surface area contributed by atoms with E-state index in [0.29, 0.717) is 5.82 Å². The topological polar surface area (TPSA) is 102 Å². The number of nitrogen functional groups attached to an aromatic ring is 1. The molecule has 0 aliphatic heterocycles. The van der Waals surface area contributed by atoms with Crippen molar-refractivity contribution in [3.63, 3.8) is 0 Å². The van der Waals surface area contributed by atoms with E-state index in [9.17, 15) is 4.21 Å². The predicted molar refractivity (Wildman–Crippen MR) is 64.2 cm³/mol. The molecule has 7 heteroatoms. The summed E-state index contributed by atoms with van der Waals surface area (Å²) in [5.41, 5.74) is 6.94. The first-order chi connectivity index (χ1) is 8.15. The van der Waals surface area contributed by atoms with Crippen molar-refractivity contribution in [3.8, 4) is 11.4 Å². The van der Waals surface area contributed by atoms with Gasteiger partial charge in [-0.25, -0.2) is 14.2 Å². The van der Waals surface area contributed by atoms with E-state index >= 15 is 0 Å². The van der Waals surface area contributed by atoms with Crippen molar-refractivity contribution in [1.29, 1.82) is 0 Å². The van der Waals surface area contributed by atoms with Crippen LogP contribution in [0.25, 0.3) is 11.4 Å². The van der Waals surface area contributed by atoms with Gasteiger partial charge in [-0.1, -0.05) is 18.2 Å². The van der Waals surface area contributed by atoms with E-state index in [1.54, 1.807) is 24.3 Å². The minimum atomic E-state index is -1.86. The highest BCUT2D eigenvalue weighted by Crippen LogP contribution is 2.16. The van der Waals surface area contributed by atoms with Crippen LogP contribution < -0.4 is 5.73 Å². The third kappa shape index (κ3) is 3.05. The van der Waals surface area contributed by atoms with Crippen LogP contribution in [0.15, 0.2) is 30.6 Å². The van der Waals surface area contributed by atoms with Crippen LogP contribution in [0.4, 0.5) is 5.95 Å². The predicted octanol–water partition coefficient (Wildman–Crippen LogP) is 0.843. The van der Waals surface area contributed by atoms with E-state index < -0.39 is 11.1 Å². The lowest BCUT2D eigenvalue weighted by molar-refractivity contribution is 0.563. The summed E-state index contributed by atoms with van der Waals surface area (Å²) in [6.07, 6.45) is 1.33. The van der Waals surface area contributed by atoms with E-state index in [1.165, 1.54) is 6.33 Å². The van der Waals surface area contributed by atoms with Gasteiger partial charge in [-0.3, -0.25) is 0 Å². The van der Waals surface area contributed by atoms with E-state index in [4.69, 9.17) is 10.3 Å². The van der Waals surface area contributed by atoms with Crippen LogP contribution in [0.1, 0.15) is 5.56 Å². The zero-order valence-corrected chi connectivity index (χ0v) is 9.59. The average Bonchev–Trinajstić information content (AvgIpc) is 2.28. The summed E-state index contributed by atoms with van der Waals surface area (Å²) in [7, 11) is 0. The maximum absolute atomic E-state index is 10.7. The second-order valence-corrected chi connectivity index (χ2v) is 4.27. The highest BCUT2D eigenvalue weighted by atomic mass is 32.2. The molecule has 88 valence electrons. The highest BCUT2D eigenvalue weighted by Gasteiger charge is 2.04. The van der Waals surface area contributed by atoms with Crippen LogP contribution in [0.5, 0.6) is 0 Å². The molecule has 2 rings (SSSR count). The van der Waals surface area contributed by atoms with Crippen LogP contribution in [-0.4, -0.2) is 23.7 Å². The summed E-state index contributed by atoms with van der Waals surface area (Å²) >= 11 is -1.86. The molecule has 0 bridgehead atoms. The normalized spacial score (nSPS) is 12.3. The molecule has 1 unspecified atom stereocenters. The molecule has 1 aromatic carbocycles. The van der Waals surface area contributed by atoms with E-state index in [-0.39, 0.29) is 11.7 Å². The first-order valence-corrected chi connectivity index (χ1v) is 6.04. The fourth-order valence-corrected chi connectivity index (χ4v) is 1.86. The molecule has 1 aromatic heterocycles. The molecule has 0 saturated carbocycles. The Hall–Kier alpha value is -1.86. The molecule has 2 aromatic rings. The number of anilines is 1. The molecule has 1 heterocycles. The molecule has 0 aliphatic rings. The Bertz CT molecular complexity index is 562. The van der Waals surface area contributed by atoms with Gasteiger partial charge in [-0.15, -0.1) is 0 Å². The molecule has 0 amide bonds. The standard InChI is InChI=1S/C10H10N4O2S/c11-10-13-6-12-9(14-10)8-3-1-2-7(4-8)5-17(15)16/h1-4,6H,5H2,(H,15,16)(H2,11,12,13,14). The zero-order valence-electron chi connectivity index (χ0n) is 8.78. The Balaban J connectivity index is 2.36. The van der Waals surface area contributed by atoms with Gasteiger partial charge in [-0.05, 0) is 11.6 Å². The molecule has 17 heavy (non-hydrogen) atoms. The first-order valence-electron chi connectivity index (χ1n) is 4.76. The van der Waals surface area contributed by atoms with Crippen molar-refractivity contribution >= 4 is 17.0 Å². The maximum atomic E-state index is 10.7. The van der Waals surface area contributed by atoms with Gasteiger partial charge in [-0.2, -0.15) is 4.98 Å². The Labute approximate surface area is 100 Å². The third-order valence-corrected chi connectivity index (χ3v) is 2.65. The van der Waals surface area contributed by atoms with Gasteiger partial charge < -0.3 is 10.3 Å². The van der Waals surface area contributed by atoms with E-state index in [0.717, 1.165) is 11.1 Å². The van der Waals surface area contributed by atoms with Gasteiger partial charge in [0.15, 0.2) is 16.9 Å². The number of hydrogen-bond acceptors (Lipinski definition) is 5. The van der Waals surface area contributed by atoms with Crippen molar-refractivity contribution < 1.29 is 8.76 Å². The Morgan fingerprint density at radius 2 is 2.18 bits per heavy atom. The summed E-state index contributed by atoms with van der Waals surface area (Å²) in [6, 6.07) is 7.10. The lowest BCUT2D eigenvalue weighted by atomic mass is 10.1.